The molecule has 0 aromatic heterocycles. The molecule has 1 amide bonds. The first-order chi connectivity index (χ1) is 9.66. The highest BCUT2D eigenvalue weighted by Crippen LogP contribution is 2.34. The van der Waals surface area contributed by atoms with Crippen LogP contribution in [0.15, 0.2) is 0 Å². The van der Waals surface area contributed by atoms with E-state index < -0.39 is 0 Å². The number of amides is 1. The highest BCUT2D eigenvalue weighted by molar-refractivity contribution is 5.82. The van der Waals surface area contributed by atoms with Crippen molar-refractivity contribution >= 4 is 5.91 Å². The van der Waals surface area contributed by atoms with Crippen LogP contribution in [0.1, 0.15) is 45.4 Å². The molecule has 1 atom stereocenters. The van der Waals surface area contributed by atoms with Gasteiger partial charge in [0.2, 0.25) is 5.91 Å². The third-order valence-electron chi connectivity index (χ3n) is 5.04. The summed E-state index contributed by atoms with van der Waals surface area (Å²) in [5.41, 5.74) is -0.0967. The predicted molar refractivity (Wildman–Crippen MR) is 82.7 cm³/mol. The molecule has 20 heavy (non-hydrogen) atoms. The van der Waals surface area contributed by atoms with Gasteiger partial charge in [-0.25, -0.2) is 0 Å². The number of likely N-dealkylation sites (tertiary alicyclic amines) is 1. The minimum Gasteiger partial charge on any atom is -0.355 e. The van der Waals surface area contributed by atoms with Crippen LogP contribution in [0.2, 0.25) is 0 Å². The average molecular weight is 281 g/mol. The van der Waals surface area contributed by atoms with Crippen molar-refractivity contribution in [2.75, 3.05) is 39.8 Å². The molecule has 0 aromatic carbocycles. The number of hydrogen-bond acceptors (Lipinski definition) is 3. The number of nitrogens with zero attached hydrogens (tertiary/aromatic N) is 1. The lowest BCUT2D eigenvalue weighted by molar-refractivity contribution is -0.133. The Kier molecular flexibility index (Phi) is 5.85. The Bertz CT molecular complexity index is 307. The van der Waals surface area contributed by atoms with Gasteiger partial charge in [0.1, 0.15) is 0 Å². The van der Waals surface area contributed by atoms with Crippen LogP contribution in [0.25, 0.3) is 0 Å². The first kappa shape index (κ1) is 15.8. The highest BCUT2D eigenvalue weighted by Gasteiger charge is 2.38. The molecule has 2 N–H and O–H groups in total. The van der Waals surface area contributed by atoms with Gasteiger partial charge < -0.3 is 15.5 Å². The molecule has 0 aromatic rings. The molecular formula is C16H31N3O. The molecule has 0 saturated carbocycles. The summed E-state index contributed by atoms with van der Waals surface area (Å²) in [7, 11) is 2.18. The van der Waals surface area contributed by atoms with Crippen molar-refractivity contribution < 1.29 is 4.79 Å². The Morgan fingerprint density at radius 3 is 2.80 bits per heavy atom. The van der Waals surface area contributed by atoms with Gasteiger partial charge in [0, 0.05) is 13.1 Å². The first-order valence-electron chi connectivity index (χ1n) is 8.34. The maximum Gasteiger partial charge on any atom is 0.226 e. The van der Waals surface area contributed by atoms with Crippen molar-refractivity contribution in [3.63, 3.8) is 0 Å². The topological polar surface area (TPSA) is 44.4 Å². The van der Waals surface area contributed by atoms with E-state index in [2.05, 4.69) is 29.5 Å². The van der Waals surface area contributed by atoms with Crippen LogP contribution >= 0.6 is 0 Å². The molecule has 2 saturated heterocycles. The van der Waals surface area contributed by atoms with Crippen molar-refractivity contribution in [2.45, 2.75) is 45.4 Å². The fraction of sp³-hybridized carbons (Fsp3) is 0.938. The van der Waals surface area contributed by atoms with Crippen LogP contribution in [0.3, 0.4) is 0 Å². The highest BCUT2D eigenvalue weighted by atomic mass is 16.2. The Balaban J connectivity index is 1.85. The molecular weight excluding hydrogens is 250 g/mol. The van der Waals surface area contributed by atoms with Gasteiger partial charge in [0.05, 0.1) is 5.41 Å². The smallest absolute Gasteiger partial charge is 0.226 e. The van der Waals surface area contributed by atoms with Crippen molar-refractivity contribution in [2.24, 2.45) is 11.3 Å². The summed E-state index contributed by atoms with van der Waals surface area (Å²) in [5.74, 6) is 0.951. The summed E-state index contributed by atoms with van der Waals surface area (Å²) in [6.07, 6.45) is 6.65. The van der Waals surface area contributed by atoms with Gasteiger partial charge in [-0.1, -0.05) is 13.3 Å². The van der Waals surface area contributed by atoms with Gasteiger partial charge in [-0.05, 0) is 64.7 Å². The van der Waals surface area contributed by atoms with Crippen molar-refractivity contribution in [3.05, 3.63) is 0 Å². The second-order valence-electron chi connectivity index (χ2n) is 6.76. The van der Waals surface area contributed by atoms with E-state index in [1.165, 1.54) is 19.4 Å². The molecule has 2 rings (SSSR count). The Hall–Kier alpha value is -0.610. The largest absolute Gasteiger partial charge is 0.355 e. The lowest BCUT2D eigenvalue weighted by atomic mass is 9.74. The maximum absolute atomic E-state index is 12.7. The van der Waals surface area contributed by atoms with E-state index in [0.717, 1.165) is 51.9 Å². The zero-order chi connectivity index (χ0) is 14.4. The second-order valence-corrected chi connectivity index (χ2v) is 6.76. The normalized spacial score (nSPS) is 27.2. The lowest BCUT2D eigenvalue weighted by Crippen LogP contribution is -2.49. The van der Waals surface area contributed by atoms with E-state index in [4.69, 9.17) is 0 Å². The van der Waals surface area contributed by atoms with Gasteiger partial charge in [-0.15, -0.1) is 0 Å². The molecule has 0 radical (unpaired) electrons. The van der Waals surface area contributed by atoms with Gasteiger partial charge >= 0.3 is 0 Å². The predicted octanol–water partition coefficient (Wildman–Crippen LogP) is 1.61. The molecule has 2 aliphatic rings. The minimum atomic E-state index is -0.0967. The zero-order valence-corrected chi connectivity index (χ0v) is 13.2. The monoisotopic (exact) mass is 281 g/mol. The minimum absolute atomic E-state index is 0.0967. The summed E-state index contributed by atoms with van der Waals surface area (Å²) < 4.78 is 0. The van der Waals surface area contributed by atoms with E-state index >= 15 is 0 Å². The van der Waals surface area contributed by atoms with Gasteiger partial charge in [-0.3, -0.25) is 4.79 Å². The van der Waals surface area contributed by atoms with E-state index in [9.17, 15) is 4.79 Å². The molecule has 4 heteroatoms. The number of carbonyl (C=O) groups excluding carboxylic acids is 1. The Labute approximate surface area is 123 Å². The number of carbonyl (C=O) groups is 1. The average Bonchev–Trinajstić information content (AvgIpc) is 2.46. The summed E-state index contributed by atoms with van der Waals surface area (Å²) in [6, 6.07) is 0. The quantitative estimate of drug-likeness (QED) is 0.805. The van der Waals surface area contributed by atoms with Gasteiger partial charge in [0.25, 0.3) is 0 Å². The summed E-state index contributed by atoms with van der Waals surface area (Å²) in [6.45, 7) is 7.35. The van der Waals surface area contributed by atoms with E-state index in [1.54, 1.807) is 0 Å². The summed E-state index contributed by atoms with van der Waals surface area (Å²) in [5, 5.41) is 6.65. The molecule has 0 bridgehead atoms. The van der Waals surface area contributed by atoms with E-state index in [1.807, 2.05) is 0 Å². The number of rotatable bonds is 5. The van der Waals surface area contributed by atoms with Gasteiger partial charge in [0.15, 0.2) is 0 Å². The van der Waals surface area contributed by atoms with Gasteiger partial charge in [-0.2, -0.15) is 0 Å². The van der Waals surface area contributed by atoms with Crippen molar-refractivity contribution in [1.82, 2.24) is 15.5 Å². The lowest BCUT2D eigenvalue weighted by Gasteiger charge is -2.37. The van der Waals surface area contributed by atoms with E-state index in [-0.39, 0.29) is 5.41 Å². The number of hydrogen-bond donors (Lipinski definition) is 2. The van der Waals surface area contributed by atoms with Crippen LogP contribution in [0.4, 0.5) is 0 Å². The summed E-state index contributed by atoms with van der Waals surface area (Å²) in [4.78, 5) is 15.1. The fourth-order valence-electron chi connectivity index (χ4n) is 3.84. The Morgan fingerprint density at radius 1 is 1.40 bits per heavy atom. The summed E-state index contributed by atoms with van der Waals surface area (Å²) >= 11 is 0. The second kappa shape index (κ2) is 7.41. The molecule has 2 fully saturated rings. The number of nitrogens with one attached hydrogen (secondary N) is 2. The van der Waals surface area contributed by atoms with Crippen LogP contribution in [0.5, 0.6) is 0 Å². The molecule has 116 valence electrons. The van der Waals surface area contributed by atoms with E-state index in [0.29, 0.717) is 11.8 Å². The molecule has 4 nitrogen and oxygen atoms in total. The molecule has 1 unspecified atom stereocenters. The molecule has 0 aliphatic carbocycles. The Morgan fingerprint density at radius 2 is 2.15 bits per heavy atom. The standard InChI is InChI=1S/C16H31N3O/c1-3-6-16(7-9-17-10-8-16)15(20)18-12-14-5-4-11-19(2)13-14/h14,17H,3-13H2,1-2H3,(H,18,20). The molecule has 0 spiro atoms. The van der Waals surface area contributed by atoms with Crippen LogP contribution in [-0.4, -0.2) is 50.6 Å². The first-order valence-corrected chi connectivity index (χ1v) is 8.34. The third kappa shape index (κ3) is 3.95. The fourth-order valence-corrected chi connectivity index (χ4v) is 3.84. The zero-order valence-electron chi connectivity index (χ0n) is 13.2. The third-order valence-corrected chi connectivity index (χ3v) is 5.04. The molecule has 2 aliphatic heterocycles. The maximum atomic E-state index is 12.7. The number of piperidine rings is 2. The molecule has 2 heterocycles. The van der Waals surface area contributed by atoms with Crippen LogP contribution in [-0.2, 0) is 4.79 Å². The van der Waals surface area contributed by atoms with Crippen LogP contribution < -0.4 is 10.6 Å². The van der Waals surface area contributed by atoms with Crippen LogP contribution in [0, 0.1) is 11.3 Å². The SMILES string of the molecule is CCCC1(C(=O)NCC2CCCN(C)C2)CCNCC1. The van der Waals surface area contributed by atoms with Crippen molar-refractivity contribution in [1.29, 1.82) is 0 Å². The van der Waals surface area contributed by atoms with Crippen molar-refractivity contribution in [3.8, 4) is 0 Å².